The van der Waals surface area contributed by atoms with Crippen molar-refractivity contribution in [3.8, 4) is 5.75 Å². The Labute approximate surface area is 169 Å². The molecule has 0 amide bonds. The number of nitrogens with zero attached hydrogens (tertiary/aromatic N) is 3. The minimum atomic E-state index is -0.107. The van der Waals surface area contributed by atoms with Crippen LogP contribution >= 0.6 is 0 Å². The number of aryl methyl sites for hydroxylation is 2. The third-order valence-electron chi connectivity index (χ3n) is 4.92. The number of ether oxygens (including phenoxy) is 1. The zero-order valence-corrected chi connectivity index (χ0v) is 16.6. The lowest BCUT2D eigenvalue weighted by Gasteiger charge is -2.06. The van der Waals surface area contributed by atoms with Crippen LogP contribution in [0.5, 0.6) is 5.75 Å². The van der Waals surface area contributed by atoms with E-state index in [-0.39, 0.29) is 5.78 Å². The van der Waals surface area contributed by atoms with Gasteiger partial charge in [0.05, 0.1) is 18.3 Å². The Morgan fingerprint density at radius 2 is 1.62 bits per heavy atom. The Morgan fingerprint density at radius 1 is 0.897 bits per heavy atom. The predicted molar refractivity (Wildman–Crippen MR) is 115 cm³/mol. The molecule has 4 rings (SSSR count). The summed E-state index contributed by atoms with van der Waals surface area (Å²) < 4.78 is 7.37. The van der Waals surface area contributed by atoms with Gasteiger partial charge in [0.2, 0.25) is 5.78 Å². The molecule has 3 aromatic carbocycles. The SMILES string of the molecule is COc1cccc2c(N=Nc3ccc(C)cc3)c(C(=O)c3ccccc3)n(C)c12. The van der Waals surface area contributed by atoms with Crippen LogP contribution in [0.1, 0.15) is 21.6 Å². The maximum atomic E-state index is 13.3. The van der Waals surface area contributed by atoms with Crippen molar-refractivity contribution in [3.63, 3.8) is 0 Å². The molecule has 0 radical (unpaired) electrons. The van der Waals surface area contributed by atoms with E-state index in [1.807, 2.05) is 79.2 Å². The highest BCUT2D eigenvalue weighted by Crippen LogP contribution is 2.39. The topological polar surface area (TPSA) is 56.0 Å². The Balaban J connectivity index is 1.93. The standard InChI is InChI=1S/C24H21N3O2/c1-16-12-14-18(15-13-16)25-26-21-19-10-7-11-20(29-3)22(19)27(2)23(21)24(28)17-8-5-4-6-9-17/h4-15H,1-3H3. The van der Waals surface area contributed by atoms with Crippen molar-refractivity contribution in [1.29, 1.82) is 0 Å². The van der Waals surface area contributed by atoms with Crippen LogP contribution in [0.3, 0.4) is 0 Å². The Kier molecular flexibility index (Phi) is 4.96. The molecule has 144 valence electrons. The molecule has 0 saturated carbocycles. The normalized spacial score (nSPS) is 11.3. The van der Waals surface area contributed by atoms with Crippen LogP contribution in [0.2, 0.25) is 0 Å². The quantitative estimate of drug-likeness (QED) is 0.307. The molecular formula is C24H21N3O2. The van der Waals surface area contributed by atoms with Gasteiger partial charge in [-0.05, 0) is 25.1 Å². The second kappa shape index (κ2) is 7.72. The highest BCUT2D eigenvalue weighted by Gasteiger charge is 2.24. The molecule has 5 nitrogen and oxygen atoms in total. The third-order valence-corrected chi connectivity index (χ3v) is 4.92. The van der Waals surface area contributed by atoms with E-state index in [0.29, 0.717) is 22.7 Å². The maximum Gasteiger partial charge on any atom is 0.211 e. The lowest BCUT2D eigenvalue weighted by Crippen LogP contribution is -2.07. The van der Waals surface area contributed by atoms with Crippen molar-refractivity contribution in [2.45, 2.75) is 6.92 Å². The van der Waals surface area contributed by atoms with Gasteiger partial charge in [0.25, 0.3) is 0 Å². The Morgan fingerprint density at radius 3 is 2.31 bits per heavy atom. The lowest BCUT2D eigenvalue weighted by molar-refractivity contribution is 0.103. The minimum Gasteiger partial charge on any atom is -0.495 e. The van der Waals surface area contributed by atoms with Gasteiger partial charge in [0, 0.05) is 18.0 Å². The highest BCUT2D eigenvalue weighted by atomic mass is 16.5. The fourth-order valence-electron chi connectivity index (χ4n) is 3.43. The zero-order chi connectivity index (χ0) is 20.4. The summed E-state index contributed by atoms with van der Waals surface area (Å²) in [6.07, 6.45) is 0. The summed E-state index contributed by atoms with van der Waals surface area (Å²) in [5, 5.41) is 9.72. The van der Waals surface area contributed by atoms with Crippen molar-refractivity contribution < 1.29 is 9.53 Å². The first-order valence-electron chi connectivity index (χ1n) is 9.33. The van der Waals surface area contributed by atoms with E-state index in [1.54, 1.807) is 19.2 Å². The highest BCUT2D eigenvalue weighted by molar-refractivity contribution is 6.16. The number of carbonyl (C=O) groups excluding carboxylic acids is 1. The van der Waals surface area contributed by atoms with Gasteiger partial charge in [0.15, 0.2) is 0 Å². The van der Waals surface area contributed by atoms with E-state index >= 15 is 0 Å². The number of ketones is 1. The molecule has 0 saturated heterocycles. The van der Waals surface area contributed by atoms with Crippen LogP contribution in [-0.2, 0) is 7.05 Å². The zero-order valence-electron chi connectivity index (χ0n) is 16.6. The second-order valence-corrected chi connectivity index (χ2v) is 6.84. The molecule has 5 heteroatoms. The molecule has 0 aliphatic heterocycles. The largest absolute Gasteiger partial charge is 0.495 e. The van der Waals surface area contributed by atoms with E-state index < -0.39 is 0 Å². The summed E-state index contributed by atoms with van der Waals surface area (Å²) in [7, 11) is 3.47. The van der Waals surface area contributed by atoms with Crippen LogP contribution in [-0.4, -0.2) is 17.5 Å². The van der Waals surface area contributed by atoms with Gasteiger partial charge in [-0.25, -0.2) is 0 Å². The second-order valence-electron chi connectivity index (χ2n) is 6.84. The maximum absolute atomic E-state index is 13.3. The number of fused-ring (bicyclic) bond motifs is 1. The van der Waals surface area contributed by atoms with Gasteiger partial charge in [-0.15, -0.1) is 5.11 Å². The molecule has 4 aromatic rings. The summed E-state index contributed by atoms with van der Waals surface area (Å²) in [5.41, 5.74) is 4.31. The van der Waals surface area contributed by atoms with E-state index in [4.69, 9.17) is 4.74 Å². The van der Waals surface area contributed by atoms with Crippen LogP contribution in [0, 0.1) is 6.92 Å². The van der Waals surface area contributed by atoms with Gasteiger partial charge < -0.3 is 9.30 Å². The van der Waals surface area contributed by atoms with Crippen molar-refractivity contribution >= 4 is 28.1 Å². The monoisotopic (exact) mass is 383 g/mol. The van der Waals surface area contributed by atoms with Crippen molar-refractivity contribution in [2.75, 3.05) is 7.11 Å². The summed E-state index contributed by atoms with van der Waals surface area (Å²) in [5.74, 6) is 0.577. The van der Waals surface area contributed by atoms with Crippen LogP contribution in [0.4, 0.5) is 11.4 Å². The number of aromatic nitrogens is 1. The van der Waals surface area contributed by atoms with Gasteiger partial charge >= 0.3 is 0 Å². The lowest BCUT2D eigenvalue weighted by atomic mass is 10.1. The van der Waals surface area contributed by atoms with Crippen LogP contribution in [0.15, 0.2) is 83.0 Å². The number of benzene rings is 3. The molecule has 0 aliphatic carbocycles. The summed E-state index contributed by atoms with van der Waals surface area (Å²) in [4.78, 5) is 13.3. The number of rotatable bonds is 5. The first-order valence-corrected chi connectivity index (χ1v) is 9.33. The van der Waals surface area contributed by atoms with Crippen molar-refractivity contribution in [1.82, 2.24) is 4.57 Å². The minimum absolute atomic E-state index is 0.107. The molecule has 0 N–H and O–H groups in total. The fraction of sp³-hybridized carbons (Fsp3) is 0.125. The van der Waals surface area contributed by atoms with Gasteiger partial charge in [-0.3, -0.25) is 4.79 Å². The molecule has 0 bridgehead atoms. The molecule has 0 spiro atoms. The van der Waals surface area contributed by atoms with E-state index in [9.17, 15) is 4.79 Å². The van der Waals surface area contributed by atoms with Gasteiger partial charge in [-0.2, -0.15) is 5.11 Å². The summed E-state index contributed by atoms with van der Waals surface area (Å²) in [6.45, 7) is 2.02. The molecule has 0 unspecified atom stereocenters. The number of hydrogen-bond donors (Lipinski definition) is 0. The van der Waals surface area contributed by atoms with Crippen molar-refractivity contribution in [2.24, 2.45) is 17.3 Å². The number of azo groups is 1. The number of hydrogen-bond acceptors (Lipinski definition) is 4. The van der Waals surface area contributed by atoms with E-state index in [2.05, 4.69) is 10.2 Å². The molecule has 0 fully saturated rings. The Bertz CT molecular complexity index is 1210. The molecule has 29 heavy (non-hydrogen) atoms. The van der Waals surface area contributed by atoms with Crippen LogP contribution in [0.25, 0.3) is 10.9 Å². The average molecular weight is 383 g/mol. The average Bonchev–Trinajstić information content (AvgIpc) is 3.05. The molecule has 0 aliphatic rings. The summed E-state index contributed by atoms with van der Waals surface area (Å²) >= 11 is 0. The molecule has 0 atom stereocenters. The Hall–Kier alpha value is -3.73. The fourth-order valence-corrected chi connectivity index (χ4v) is 3.43. The number of carbonyl (C=O) groups is 1. The van der Waals surface area contributed by atoms with Gasteiger partial charge in [-0.1, -0.05) is 60.2 Å². The van der Waals surface area contributed by atoms with E-state index in [0.717, 1.165) is 22.2 Å². The third kappa shape index (κ3) is 3.43. The number of para-hydroxylation sites is 1. The van der Waals surface area contributed by atoms with E-state index in [1.165, 1.54) is 0 Å². The molecule has 1 aromatic heterocycles. The number of methoxy groups -OCH3 is 1. The van der Waals surface area contributed by atoms with Crippen molar-refractivity contribution in [3.05, 3.63) is 89.6 Å². The molecule has 1 heterocycles. The first kappa shape index (κ1) is 18.6. The first-order chi connectivity index (χ1) is 14.1. The van der Waals surface area contributed by atoms with Crippen LogP contribution < -0.4 is 4.74 Å². The summed E-state index contributed by atoms with van der Waals surface area (Å²) in [6, 6.07) is 22.7. The molecular weight excluding hydrogens is 362 g/mol. The predicted octanol–water partition coefficient (Wildman–Crippen LogP) is 6.14. The van der Waals surface area contributed by atoms with Gasteiger partial charge in [0.1, 0.15) is 17.1 Å². The smallest absolute Gasteiger partial charge is 0.211 e.